The first kappa shape index (κ1) is 21.9. The van der Waals surface area contributed by atoms with Gasteiger partial charge in [0.15, 0.2) is 0 Å². The number of aryl methyl sites for hydroxylation is 1. The van der Waals surface area contributed by atoms with E-state index in [-0.39, 0.29) is 32.9 Å². The van der Waals surface area contributed by atoms with E-state index in [4.69, 9.17) is 20.9 Å². The molecule has 1 aromatic heterocycles. The van der Waals surface area contributed by atoms with Crippen LogP contribution in [-0.4, -0.2) is 26.6 Å². The fraction of sp³-hybridized carbons (Fsp3) is 0.238. The number of carbonyl (C=O) groups excluding carboxylic acids is 1. The number of halogens is 1. The van der Waals surface area contributed by atoms with Gasteiger partial charge < -0.3 is 9.26 Å². The van der Waals surface area contributed by atoms with Gasteiger partial charge in [-0.3, -0.25) is 4.79 Å². The van der Waals surface area contributed by atoms with Crippen molar-refractivity contribution in [3.63, 3.8) is 0 Å². The molecule has 7 nitrogen and oxygen atoms in total. The van der Waals surface area contributed by atoms with Gasteiger partial charge in [0.25, 0.3) is 15.9 Å². The van der Waals surface area contributed by atoms with Gasteiger partial charge in [-0.25, -0.2) is 13.1 Å². The Morgan fingerprint density at radius 2 is 1.87 bits per heavy atom. The van der Waals surface area contributed by atoms with E-state index < -0.39 is 15.9 Å². The van der Waals surface area contributed by atoms with Crippen LogP contribution in [0.4, 0.5) is 0 Å². The lowest BCUT2D eigenvalue weighted by atomic mass is 10.0. The number of methoxy groups -OCH3 is 1. The molecule has 0 bridgehead atoms. The molecule has 0 saturated carbocycles. The van der Waals surface area contributed by atoms with Crippen molar-refractivity contribution in [3.8, 4) is 17.0 Å². The van der Waals surface area contributed by atoms with E-state index >= 15 is 0 Å². The zero-order valence-electron chi connectivity index (χ0n) is 16.9. The van der Waals surface area contributed by atoms with E-state index in [9.17, 15) is 13.2 Å². The molecule has 3 rings (SSSR count). The minimum Gasteiger partial charge on any atom is -0.496 e. The number of amides is 1. The summed E-state index contributed by atoms with van der Waals surface area (Å²) < 4.78 is 38.6. The predicted octanol–water partition coefficient (Wildman–Crippen LogP) is 4.55. The Morgan fingerprint density at radius 3 is 2.53 bits per heavy atom. The van der Waals surface area contributed by atoms with Crippen molar-refractivity contribution in [3.05, 3.63) is 64.4 Å². The van der Waals surface area contributed by atoms with Crippen LogP contribution >= 0.6 is 11.6 Å². The number of nitrogens with zero attached hydrogens (tertiary/aromatic N) is 1. The van der Waals surface area contributed by atoms with Crippen molar-refractivity contribution in [2.24, 2.45) is 0 Å². The molecule has 1 heterocycles. The zero-order valence-corrected chi connectivity index (χ0v) is 18.5. The molecule has 0 aliphatic carbocycles. The lowest BCUT2D eigenvalue weighted by Crippen LogP contribution is -2.32. The quantitative estimate of drug-likeness (QED) is 0.593. The van der Waals surface area contributed by atoms with Gasteiger partial charge in [0.05, 0.1) is 22.6 Å². The first-order valence-electron chi connectivity index (χ1n) is 9.12. The van der Waals surface area contributed by atoms with Crippen molar-refractivity contribution in [1.29, 1.82) is 0 Å². The molecule has 3 aromatic rings. The molecule has 0 saturated heterocycles. The van der Waals surface area contributed by atoms with E-state index in [1.54, 1.807) is 36.4 Å². The topological polar surface area (TPSA) is 98.5 Å². The Hall–Kier alpha value is -2.84. The Morgan fingerprint density at radius 1 is 1.17 bits per heavy atom. The number of hydrogen-bond donors (Lipinski definition) is 1. The predicted molar refractivity (Wildman–Crippen MR) is 113 cm³/mol. The van der Waals surface area contributed by atoms with Crippen LogP contribution in [0.5, 0.6) is 5.75 Å². The Kier molecular flexibility index (Phi) is 6.19. The Labute approximate surface area is 180 Å². The summed E-state index contributed by atoms with van der Waals surface area (Å²) in [7, 11) is -2.68. The van der Waals surface area contributed by atoms with Gasteiger partial charge in [-0.2, -0.15) is 0 Å². The van der Waals surface area contributed by atoms with Gasteiger partial charge in [-0.1, -0.05) is 54.9 Å². The highest BCUT2D eigenvalue weighted by Gasteiger charge is 2.29. The second-order valence-electron chi connectivity index (χ2n) is 6.91. The number of aromatic nitrogens is 1. The van der Waals surface area contributed by atoms with Crippen LogP contribution < -0.4 is 9.46 Å². The van der Waals surface area contributed by atoms with Gasteiger partial charge in [-0.05, 0) is 36.6 Å². The normalized spacial score (nSPS) is 11.5. The summed E-state index contributed by atoms with van der Waals surface area (Å²) in [5, 5.41) is 4.21. The van der Waals surface area contributed by atoms with Crippen molar-refractivity contribution >= 4 is 27.5 Å². The Bertz CT molecular complexity index is 1200. The summed E-state index contributed by atoms with van der Waals surface area (Å²) >= 11 is 6.30. The molecule has 158 valence electrons. The number of hydrogen-bond acceptors (Lipinski definition) is 6. The van der Waals surface area contributed by atoms with Crippen LogP contribution in [0, 0.1) is 6.92 Å². The molecule has 0 radical (unpaired) electrons. The molecule has 1 N–H and O–H groups in total. The summed E-state index contributed by atoms with van der Waals surface area (Å²) in [4.78, 5) is 13.1. The van der Waals surface area contributed by atoms with Crippen LogP contribution in [-0.2, 0) is 10.0 Å². The first-order valence-corrected chi connectivity index (χ1v) is 11.0. The molecule has 0 fully saturated rings. The lowest BCUT2D eigenvalue weighted by Gasteiger charge is -2.14. The number of benzene rings is 2. The number of sulfonamides is 1. The minimum atomic E-state index is -4.14. The van der Waals surface area contributed by atoms with Crippen molar-refractivity contribution in [2.75, 3.05) is 7.11 Å². The average Bonchev–Trinajstić information content (AvgIpc) is 3.08. The van der Waals surface area contributed by atoms with Gasteiger partial charge >= 0.3 is 0 Å². The largest absolute Gasteiger partial charge is 0.496 e. The van der Waals surface area contributed by atoms with E-state index in [0.29, 0.717) is 16.9 Å². The summed E-state index contributed by atoms with van der Waals surface area (Å²) in [6, 6.07) is 11.5. The van der Waals surface area contributed by atoms with Crippen molar-refractivity contribution < 1.29 is 22.5 Å². The summed E-state index contributed by atoms with van der Waals surface area (Å²) in [6.07, 6.45) is 0. The molecule has 2 aromatic carbocycles. The SMILES string of the molecule is COc1cccc(Cl)c1-c1noc(C)c1C(=O)NS(=O)(=O)c1ccccc1C(C)C. The molecular formula is C21H21ClN2O5S. The molecule has 0 aliphatic heterocycles. The van der Waals surface area contributed by atoms with Crippen LogP contribution in [0.2, 0.25) is 5.02 Å². The second kappa shape index (κ2) is 8.49. The zero-order chi connectivity index (χ0) is 22.1. The fourth-order valence-electron chi connectivity index (χ4n) is 3.14. The van der Waals surface area contributed by atoms with Crippen LogP contribution in [0.25, 0.3) is 11.3 Å². The van der Waals surface area contributed by atoms with Crippen LogP contribution in [0.3, 0.4) is 0 Å². The maximum atomic E-state index is 13.0. The maximum Gasteiger partial charge on any atom is 0.270 e. The van der Waals surface area contributed by atoms with E-state index in [1.807, 2.05) is 13.8 Å². The Balaban J connectivity index is 2.06. The van der Waals surface area contributed by atoms with Crippen molar-refractivity contribution in [1.82, 2.24) is 9.88 Å². The van der Waals surface area contributed by atoms with Gasteiger partial charge in [0.2, 0.25) is 0 Å². The number of nitrogens with one attached hydrogen (secondary N) is 1. The van der Waals surface area contributed by atoms with Crippen LogP contribution in [0.1, 0.15) is 41.4 Å². The third-order valence-corrected chi connectivity index (χ3v) is 6.30. The van der Waals surface area contributed by atoms with Gasteiger partial charge in [0.1, 0.15) is 22.8 Å². The van der Waals surface area contributed by atoms with E-state index in [2.05, 4.69) is 9.88 Å². The molecule has 9 heteroatoms. The monoisotopic (exact) mass is 448 g/mol. The molecule has 30 heavy (non-hydrogen) atoms. The lowest BCUT2D eigenvalue weighted by molar-refractivity contribution is 0.0980. The number of ether oxygens (including phenoxy) is 1. The maximum absolute atomic E-state index is 13.0. The number of carbonyl (C=O) groups is 1. The molecule has 0 aliphatic rings. The smallest absolute Gasteiger partial charge is 0.270 e. The van der Waals surface area contributed by atoms with Gasteiger partial charge in [0, 0.05) is 0 Å². The standard InChI is InChI=1S/C21H21ClN2O5S/c1-12(2)14-8-5-6-11-17(14)30(26,27)24-21(25)18-13(3)29-23-20(18)19-15(22)9-7-10-16(19)28-4/h5-12H,1-4H3,(H,24,25). The average molecular weight is 449 g/mol. The van der Waals surface area contributed by atoms with Gasteiger partial charge in [-0.15, -0.1) is 0 Å². The summed E-state index contributed by atoms with van der Waals surface area (Å²) in [5.41, 5.74) is 1.00. The highest BCUT2D eigenvalue weighted by Crippen LogP contribution is 2.38. The molecule has 0 spiro atoms. The fourth-order valence-corrected chi connectivity index (χ4v) is 4.73. The van der Waals surface area contributed by atoms with Crippen LogP contribution in [0.15, 0.2) is 51.9 Å². The van der Waals surface area contributed by atoms with E-state index in [1.165, 1.54) is 20.1 Å². The highest BCUT2D eigenvalue weighted by atomic mass is 35.5. The highest BCUT2D eigenvalue weighted by molar-refractivity contribution is 7.90. The third kappa shape index (κ3) is 4.06. The molecule has 1 amide bonds. The molecular weight excluding hydrogens is 428 g/mol. The second-order valence-corrected chi connectivity index (χ2v) is 8.96. The molecule has 0 unspecified atom stereocenters. The summed E-state index contributed by atoms with van der Waals surface area (Å²) in [6.45, 7) is 5.27. The third-order valence-electron chi connectivity index (χ3n) is 4.58. The molecule has 0 atom stereocenters. The number of rotatable bonds is 6. The first-order chi connectivity index (χ1) is 14.2. The van der Waals surface area contributed by atoms with Crippen molar-refractivity contribution in [2.45, 2.75) is 31.6 Å². The minimum absolute atomic E-state index is 0.0352. The summed E-state index contributed by atoms with van der Waals surface area (Å²) in [5.74, 6) is -0.396. The van der Waals surface area contributed by atoms with E-state index in [0.717, 1.165) is 0 Å².